The molecule has 3 aliphatic carbocycles. The Morgan fingerprint density at radius 3 is 1.63 bits per heavy atom. The summed E-state index contributed by atoms with van der Waals surface area (Å²) in [5, 5.41) is 24.2. The maximum Gasteiger partial charge on any atom is 0.0994 e. The van der Waals surface area contributed by atoms with Crippen molar-refractivity contribution in [2.45, 2.75) is 148 Å². The molecule has 0 aliphatic heterocycles. The van der Waals surface area contributed by atoms with Gasteiger partial charge in [0.1, 0.15) is 0 Å². The molecule has 0 spiro atoms. The van der Waals surface area contributed by atoms with E-state index in [2.05, 4.69) is 32.9 Å². The van der Waals surface area contributed by atoms with E-state index in [4.69, 9.17) is 0 Å². The van der Waals surface area contributed by atoms with Gasteiger partial charge in [-0.1, -0.05) is 97.1 Å². The fourth-order valence-electron chi connectivity index (χ4n) is 7.67. The van der Waals surface area contributed by atoms with E-state index in [1.807, 2.05) is 0 Å². The molecular formula is C28H50O2. The van der Waals surface area contributed by atoms with Gasteiger partial charge < -0.3 is 10.2 Å². The van der Waals surface area contributed by atoms with E-state index in [1.165, 1.54) is 77.0 Å². The van der Waals surface area contributed by atoms with Crippen molar-refractivity contribution >= 4 is 0 Å². The molecule has 2 nitrogen and oxygen atoms in total. The fourth-order valence-corrected chi connectivity index (χ4v) is 7.67. The van der Waals surface area contributed by atoms with Gasteiger partial charge in [-0.25, -0.2) is 0 Å². The van der Waals surface area contributed by atoms with Crippen molar-refractivity contribution in [3.8, 4) is 0 Å². The van der Waals surface area contributed by atoms with Crippen LogP contribution in [0, 0.1) is 16.7 Å². The summed E-state index contributed by atoms with van der Waals surface area (Å²) in [6, 6.07) is 0. The lowest BCUT2D eigenvalue weighted by atomic mass is 9.59. The Bertz CT molecular complexity index is 567. The summed E-state index contributed by atoms with van der Waals surface area (Å²) in [5.41, 5.74) is -1.96. The molecular weight excluding hydrogens is 368 g/mol. The van der Waals surface area contributed by atoms with Crippen LogP contribution in [0.1, 0.15) is 136 Å². The predicted molar refractivity (Wildman–Crippen MR) is 128 cm³/mol. The summed E-state index contributed by atoms with van der Waals surface area (Å²) < 4.78 is 0. The Kier molecular flexibility index (Phi) is 8.16. The molecule has 3 rings (SSSR count). The normalized spacial score (nSPS) is 43.0. The fraction of sp³-hybridized carbons (Fsp3) is 0.929. The van der Waals surface area contributed by atoms with E-state index in [1.54, 1.807) is 0 Å². The molecule has 4 atom stereocenters. The number of aliphatic hydroxyl groups is 2. The highest BCUT2D eigenvalue weighted by Gasteiger charge is 2.78. The van der Waals surface area contributed by atoms with Crippen LogP contribution in [0.3, 0.4) is 0 Å². The molecule has 174 valence electrons. The highest BCUT2D eigenvalue weighted by atomic mass is 16.4. The van der Waals surface area contributed by atoms with Crippen LogP contribution < -0.4 is 0 Å². The molecule has 0 aromatic rings. The second-order valence-corrected chi connectivity index (χ2v) is 11.7. The molecule has 0 aromatic carbocycles. The van der Waals surface area contributed by atoms with Gasteiger partial charge in [0.25, 0.3) is 0 Å². The van der Waals surface area contributed by atoms with Crippen LogP contribution in [-0.4, -0.2) is 21.4 Å². The highest BCUT2D eigenvalue weighted by Crippen LogP contribution is 2.75. The van der Waals surface area contributed by atoms with Crippen LogP contribution in [0.25, 0.3) is 0 Å². The van der Waals surface area contributed by atoms with E-state index < -0.39 is 11.2 Å². The minimum atomic E-state index is -0.919. The van der Waals surface area contributed by atoms with Gasteiger partial charge in [0.05, 0.1) is 11.2 Å². The Balaban J connectivity index is 1.67. The van der Waals surface area contributed by atoms with Crippen molar-refractivity contribution in [2.24, 2.45) is 16.7 Å². The minimum absolute atomic E-state index is 0.0127. The molecule has 3 aliphatic rings. The van der Waals surface area contributed by atoms with Gasteiger partial charge in [-0.2, -0.15) is 0 Å². The van der Waals surface area contributed by atoms with Crippen molar-refractivity contribution in [1.82, 2.24) is 0 Å². The molecule has 0 radical (unpaired) electrons. The number of rotatable bonds is 0. The SMILES string of the molecule is CC1(C)[C@@H]2CC[C@@]1(C)[C@@]1(O)CCCCCCCC/C=C/CCCCCCCC[C@@]21O. The molecule has 2 bridgehead atoms. The molecule has 2 saturated carbocycles. The summed E-state index contributed by atoms with van der Waals surface area (Å²) in [7, 11) is 0. The van der Waals surface area contributed by atoms with Gasteiger partial charge in [0, 0.05) is 5.41 Å². The first-order chi connectivity index (χ1) is 14.3. The van der Waals surface area contributed by atoms with Crippen molar-refractivity contribution in [3.05, 3.63) is 12.2 Å². The lowest BCUT2D eigenvalue weighted by Crippen LogP contribution is -2.61. The Hall–Kier alpha value is -0.340. The van der Waals surface area contributed by atoms with Crippen LogP contribution in [0.15, 0.2) is 12.2 Å². The zero-order valence-corrected chi connectivity index (χ0v) is 20.4. The molecule has 0 heterocycles. The van der Waals surface area contributed by atoms with Gasteiger partial charge in [-0.05, 0) is 62.7 Å². The van der Waals surface area contributed by atoms with Crippen LogP contribution in [0.4, 0.5) is 0 Å². The van der Waals surface area contributed by atoms with E-state index >= 15 is 0 Å². The average molecular weight is 419 g/mol. The van der Waals surface area contributed by atoms with Crippen LogP contribution in [-0.2, 0) is 0 Å². The van der Waals surface area contributed by atoms with Crippen LogP contribution >= 0.6 is 0 Å². The number of fused-ring (bicyclic) bond motifs is 5. The first kappa shape index (κ1) is 24.3. The third kappa shape index (κ3) is 4.29. The Labute approximate surface area is 186 Å². The Morgan fingerprint density at radius 2 is 1.07 bits per heavy atom. The van der Waals surface area contributed by atoms with Crippen LogP contribution in [0.5, 0.6) is 0 Å². The third-order valence-electron chi connectivity index (χ3n) is 9.94. The van der Waals surface area contributed by atoms with E-state index in [-0.39, 0.29) is 16.7 Å². The van der Waals surface area contributed by atoms with Crippen molar-refractivity contribution < 1.29 is 10.2 Å². The molecule has 0 unspecified atom stereocenters. The highest BCUT2D eigenvalue weighted by molar-refractivity contribution is 5.28. The largest absolute Gasteiger partial charge is 0.387 e. The van der Waals surface area contributed by atoms with Crippen molar-refractivity contribution in [2.75, 3.05) is 0 Å². The van der Waals surface area contributed by atoms with E-state index in [0.717, 1.165) is 38.5 Å². The molecule has 2 N–H and O–H groups in total. The lowest BCUT2D eigenvalue weighted by Gasteiger charge is -2.52. The van der Waals surface area contributed by atoms with Crippen molar-refractivity contribution in [1.29, 1.82) is 0 Å². The first-order valence-electron chi connectivity index (χ1n) is 13.4. The maximum absolute atomic E-state index is 12.2. The standard InChI is InChI=1S/C28H50O2/c1-25(2)24-20-23-26(25,3)28(30)22-19-17-15-13-11-9-7-5-4-6-8-10-12-14-16-18-21-27(24,28)29/h4-5,24,29-30H,6-23H2,1-3H3/b5-4+/t24-,26+,27+,28-/m0/s1. The molecule has 30 heavy (non-hydrogen) atoms. The maximum atomic E-state index is 12.2. The quantitative estimate of drug-likeness (QED) is 0.395. The van der Waals surface area contributed by atoms with Crippen molar-refractivity contribution in [3.63, 3.8) is 0 Å². The molecule has 0 aromatic heterocycles. The summed E-state index contributed by atoms with van der Waals surface area (Å²) in [4.78, 5) is 0. The van der Waals surface area contributed by atoms with E-state index in [0.29, 0.717) is 0 Å². The summed E-state index contributed by atoms with van der Waals surface area (Å²) in [5.74, 6) is 0.240. The Morgan fingerprint density at radius 1 is 0.600 bits per heavy atom. The predicted octanol–water partition coefficient (Wildman–Crippen LogP) is 7.72. The summed E-state index contributed by atoms with van der Waals surface area (Å²) in [6.07, 6.45) is 25.9. The molecule has 0 amide bonds. The van der Waals surface area contributed by atoms with E-state index in [9.17, 15) is 10.2 Å². The summed E-state index contributed by atoms with van der Waals surface area (Å²) in [6.45, 7) is 6.93. The zero-order chi connectivity index (χ0) is 21.7. The first-order valence-corrected chi connectivity index (χ1v) is 13.4. The van der Waals surface area contributed by atoms with Gasteiger partial charge in [-0.15, -0.1) is 0 Å². The molecule has 2 heteroatoms. The van der Waals surface area contributed by atoms with Gasteiger partial charge in [0.15, 0.2) is 0 Å². The number of allylic oxidation sites excluding steroid dienone is 2. The average Bonchev–Trinajstić information content (AvgIpc) is 3.00. The smallest absolute Gasteiger partial charge is 0.0994 e. The monoisotopic (exact) mass is 418 g/mol. The molecule has 2 fully saturated rings. The minimum Gasteiger partial charge on any atom is -0.387 e. The number of hydrogen-bond acceptors (Lipinski definition) is 2. The second kappa shape index (κ2) is 10.1. The number of hydrogen-bond donors (Lipinski definition) is 2. The zero-order valence-electron chi connectivity index (χ0n) is 20.4. The van der Waals surface area contributed by atoms with Gasteiger partial charge in [0.2, 0.25) is 0 Å². The third-order valence-corrected chi connectivity index (χ3v) is 9.94. The van der Waals surface area contributed by atoms with Gasteiger partial charge in [-0.3, -0.25) is 0 Å². The topological polar surface area (TPSA) is 40.5 Å². The second-order valence-electron chi connectivity index (χ2n) is 11.7. The lowest BCUT2D eigenvalue weighted by molar-refractivity contribution is -0.214. The van der Waals surface area contributed by atoms with Gasteiger partial charge >= 0.3 is 0 Å². The summed E-state index contributed by atoms with van der Waals surface area (Å²) >= 11 is 0. The molecule has 0 saturated heterocycles. The van der Waals surface area contributed by atoms with Crippen LogP contribution in [0.2, 0.25) is 0 Å².